The molecule has 2 aromatic carbocycles. The Kier molecular flexibility index (Phi) is 6.08. The summed E-state index contributed by atoms with van der Waals surface area (Å²) in [5, 5.41) is 16.8. The largest absolute Gasteiger partial charge is 0.362 e. The third-order valence-electron chi connectivity index (χ3n) is 5.60. The summed E-state index contributed by atoms with van der Waals surface area (Å²) in [7, 11) is 0. The average molecular weight is 474 g/mol. The maximum Gasteiger partial charge on any atom is 0.294 e. The number of anilines is 1. The smallest absolute Gasteiger partial charge is 0.294 e. The molecule has 0 atom stereocenters. The van der Waals surface area contributed by atoms with Gasteiger partial charge in [0.2, 0.25) is 0 Å². The highest BCUT2D eigenvalue weighted by Crippen LogP contribution is 2.32. The van der Waals surface area contributed by atoms with E-state index in [1.54, 1.807) is 33.8 Å². The molecule has 0 unspecified atom stereocenters. The van der Waals surface area contributed by atoms with Crippen LogP contribution in [0.5, 0.6) is 0 Å². The third-order valence-corrected chi connectivity index (χ3v) is 6.39. The first-order valence-electron chi connectivity index (χ1n) is 10.1. The zero-order valence-corrected chi connectivity index (χ0v) is 19.1. The second kappa shape index (κ2) is 8.80. The van der Waals surface area contributed by atoms with E-state index in [0.717, 1.165) is 17.1 Å². The van der Waals surface area contributed by atoms with Gasteiger partial charge in [-0.25, -0.2) is 4.68 Å². The van der Waals surface area contributed by atoms with Gasteiger partial charge in [0.15, 0.2) is 0 Å². The number of nitrogens with zero attached hydrogens (tertiary/aromatic N) is 5. The summed E-state index contributed by atoms with van der Waals surface area (Å²) in [4.78, 5) is 27.6. The summed E-state index contributed by atoms with van der Waals surface area (Å²) in [6, 6.07) is 11.9. The lowest BCUT2D eigenvalue weighted by molar-refractivity contribution is -0.384. The standard InChI is InChI=1S/C22H21Cl2N5O3/c1-14-21(24)15(2)28(25-14)18-6-3-16(4-7-18)22(30)27-11-9-26(10-12-27)19-8-5-17(23)13-20(19)29(31)32/h3-8,13H,9-12H2,1-2H3. The molecule has 10 heteroatoms. The number of rotatable bonds is 4. The van der Waals surface area contributed by atoms with E-state index in [9.17, 15) is 14.9 Å². The van der Waals surface area contributed by atoms with E-state index in [-0.39, 0.29) is 11.6 Å². The highest BCUT2D eigenvalue weighted by Gasteiger charge is 2.26. The molecule has 3 aromatic rings. The van der Waals surface area contributed by atoms with Crippen LogP contribution in [0.3, 0.4) is 0 Å². The molecule has 166 valence electrons. The van der Waals surface area contributed by atoms with Gasteiger partial charge in [-0.3, -0.25) is 14.9 Å². The van der Waals surface area contributed by atoms with E-state index in [0.29, 0.717) is 47.5 Å². The van der Waals surface area contributed by atoms with Gasteiger partial charge in [-0.1, -0.05) is 23.2 Å². The van der Waals surface area contributed by atoms with Crippen molar-refractivity contribution in [3.63, 3.8) is 0 Å². The van der Waals surface area contributed by atoms with Crippen molar-refractivity contribution in [2.24, 2.45) is 0 Å². The van der Waals surface area contributed by atoms with Crippen molar-refractivity contribution in [2.75, 3.05) is 31.1 Å². The van der Waals surface area contributed by atoms with Crippen molar-refractivity contribution in [2.45, 2.75) is 13.8 Å². The minimum absolute atomic E-state index is 0.0304. The van der Waals surface area contributed by atoms with Crippen molar-refractivity contribution in [3.8, 4) is 5.69 Å². The summed E-state index contributed by atoms with van der Waals surface area (Å²) < 4.78 is 1.75. The fraction of sp³-hybridized carbons (Fsp3) is 0.273. The van der Waals surface area contributed by atoms with Crippen LogP contribution < -0.4 is 4.90 Å². The minimum Gasteiger partial charge on any atom is -0.362 e. The molecular formula is C22H21Cl2N5O3. The van der Waals surface area contributed by atoms with E-state index in [4.69, 9.17) is 23.2 Å². The van der Waals surface area contributed by atoms with Crippen LogP contribution in [0.25, 0.3) is 5.69 Å². The van der Waals surface area contributed by atoms with E-state index in [2.05, 4.69) is 5.10 Å². The van der Waals surface area contributed by atoms with E-state index >= 15 is 0 Å². The molecule has 4 rings (SSSR count). The number of aromatic nitrogens is 2. The number of carbonyl (C=O) groups is 1. The molecule has 1 aromatic heterocycles. The number of amides is 1. The lowest BCUT2D eigenvalue weighted by Gasteiger charge is -2.35. The first-order chi connectivity index (χ1) is 15.3. The van der Waals surface area contributed by atoms with Gasteiger partial charge >= 0.3 is 0 Å². The molecule has 0 saturated carbocycles. The van der Waals surface area contributed by atoms with Crippen LogP contribution in [0.4, 0.5) is 11.4 Å². The predicted octanol–water partition coefficient (Wildman–Crippen LogP) is 4.67. The Labute approximate surface area is 195 Å². The maximum atomic E-state index is 13.0. The summed E-state index contributed by atoms with van der Waals surface area (Å²) in [5.41, 5.74) is 3.48. The lowest BCUT2D eigenvalue weighted by atomic mass is 10.1. The Balaban J connectivity index is 1.45. The van der Waals surface area contributed by atoms with Crippen LogP contribution in [0, 0.1) is 24.0 Å². The monoisotopic (exact) mass is 473 g/mol. The van der Waals surface area contributed by atoms with E-state index < -0.39 is 4.92 Å². The fourth-order valence-electron chi connectivity index (χ4n) is 3.86. The number of benzene rings is 2. The Morgan fingerprint density at radius 2 is 1.69 bits per heavy atom. The second-order valence-electron chi connectivity index (χ2n) is 7.61. The topological polar surface area (TPSA) is 84.5 Å². The van der Waals surface area contributed by atoms with Gasteiger partial charge in [0, 0.05) is 42.8 Å². The molecule has 0 aliphatic carbocycles. The van der Waals surface area contributed by atoms with Crippen LogP contribution in [0.1, 0.15) is 21.7 Å². The van der Waals surface area contributed by atoms with Gasteiger partial charge in [0.1, 0.15) is 5.69 Å². The molecule has 0 bridgehead atoms. The fourth-order valence-corrected chi connectivity index (χ4v) is 4.15. The number of hydrogen-bond acceptors (Lipinski definition) is 5. The van der Waals surface area contributed by atoms with Crippen molar-refractivity contribution in [3.05, 3.63) is 79.6 Å². The zero-order chi connectivity index (χ0) is 23.0. The zero-order valence-electron chi connectivity index (χ0n) is 17.6. The number of hydrogen-bond donors (Lipinski definition) is 0. The van der Waals surface area contributed by atoms with Crippen LogP contribution in [0.2, 0.25) is 10.0 Å². The van der Waals surface area contributed by atoms with E-state index in [1.165, 1.54) is 6.07 Å². The molecule has 1 fully saturated rings. The van der Waals surface area contributed by atoms with Crippen LogP contribution in [-0.4, -0.2) is 51.7 Å². The predicted molar refractivity (Wildman–Crippen MR) is 124 cm³/mol. The van der Waals surface area contributed by atoms with Crippen LogP contribution >= 0.6 is 23.2 Å². The molecule has 0 radical (unpaired) electrons. The Morgan fingerprint density at radius 3 is 2.25 bits per heavy atom. The second-order valence-corrected chi connectivity index (χ2v) is 8.43. The lowest BCUT2D eigenvalue weighted by Crippen LogP contribution is -2.49. The first kappa shape index (κ1) is 22.1. The van der Waals surface area contributed by atoms with Crippen molar-refractivity contribution >= 4 is 40.5 Å². The Morgan fingerprint density at radius 1 is 1.03 bits per heavy atom. The first-order valence-corrected chi connectivity index (χ1v) is 10.8. The van der Waals surface area contributed by atoms with E-state index in [1.807, 2.05) is 30.9 Å². The number of nitro benzene ring substituents is 1. The number of nitro groups is 1. The molecule has 2 heterocycles. The van der Waals surface area contributed by atoms with Gasteiger partial charge in [-0.15, -0.1) is 0 Å². The summed E-state index contributed by atoms with van der Waals surface area (Å²) in [6.45, 7) is 5.67. The van der Waals surface area contributed by atoms with Crippen LogP contribution in [-0.2, 0) is 0 Å². The highest BCUT2D eigenvalue weighted by molar-refractivity contribution is 6.32. The Hall–Kier alpha value is -3.10. The molecule has 1 saturated heterocycles. The highest BCUT2D eigenvalue weighted by atomic mass is 35.5. The minimum atomic E-state index is -0.434. The molecule has 0 spiro atoms. The number of piperazine rings is 1. The maximum absolute atomic E-state index is 13.0. The van der Waals surface area contributed by atoms with Crippen molar-refractivity contribution in [1.29, 1.82) is 0 Å². The molecule has 1 aliphatic rings. The summed E-state index contributed by atoms with van der Waals surface area (Å²) >= 11 is 12.1. The molecule has 1 amide bonds. The summed E-state index contributed by atoms with van der Waals surface area (Å²) in [5.74, 6) is -0.0757. The third kappa shape index (κ3) is 4.16. The Bertz CT molecular complexity index is 1190. The average Bonchev–Trinajstić information content (AvgIpc) is 3.06. The van der Waals surface area contributed by atoms with Gasteiger partial charge in [-0.2, -0.15) is 5.10 Å². The van der Waals surface area contributed by atoms with Gasteiger partial charge < -0.3 is 9.80 Å². The molecule has 32 heavy (non-hydrogen) atoms. The molecule has 0 N–H and O–H groups in total. The quantitative estimate of drug-likeness (QED) is 0.406. The van der Waals surface area contributed by atoms with Crippen LogP contribution in [0.15, 0.2) is 42.5 Å². The van der Waals surface area contributed by atoms with Gasteiger partial charge in [0.25, 0.3) is 11.6 Å². The molecule has 8 nitrogen and oxygen atoms in total. The van der Waals surface area contributed by atoms with Crippen molar-refractivity contribution in [1.82, 2.24) is 14.7 Å². The normalized spacial score (nSPS) is 14.0. The van der Waals surface area contributed by atoms with Crippen molar-refractivity contribution < 1.29 is 9.72 Å². The number of aryl methyl sites for hydroxylation is 1. The number of halogens is 2. The number of carbonyl (C=O) groups excluding carboxylic acids is 1. The van der Waals surface area contributed by atoms with Gasteiger partial charge in [0.05, 0.1) is 27.0 Å². The molecule has 1 aliphatic heterocycles. The van der Waals surface area contributed by atoms with Gasteiger partial charge in [-0.05, 0) is 50.2 Å². The SMILES string of the molecule is Cc1nn(-c2ccc(C(=O)N3CCN(c4ccc(Cl)cc4[N+](=O)[O-])CC3)cc2)c(C)c1Cl. The summed E-state index contributed by atoms with van der Waals surface area (Å²) in [6.07, 6.45) is 0. The molecular weight excluding hydrogens is 453 g/mol.